The van der Waals surface area contributed by atoms with Crippen LogP contribution in [0.15, 0.2) is 18.3 Å². The van der Waals surface area contributed by atoms with E-state index in [1.165, 1.54) is 18.3 Å². The first-order chi connectivity index (χ1) is 9.54. The normalized spacial score (nSPS) is 14.8. The summed E-state index contributed by atoms with van der Waals surface area (Å²) >= 11 is 0. The fraction of sp³-hybridized carbons (Fsp3) is 0.333. The fourth-order valence-corrected chi connectivity index (χ4v) is 1.82. The number of hydrogen-bond donors (Lipinski definition) is 1. The van der Waals surface area contributed by atoms with Gasteiger partial charge < -0.3 is 5.11 Å². The molecule has 3 rings (SSSR count). The van der Waals surface area contributed by atoms with Crippen LogP contribution in [-0.4, -0.2) is 30.8 Å². The molecule has 1 N–H and O–H groups in total. The van der Waals surface area contributed by atoms with E-state index in [0.29, 0.717) is 5.69 Å². The Morgan fingerprint density at radius 2 is 2.15 bits per heavy atom. The van der Waals surface area contributed by atoms with Crippen molar-refractivity contribution in [2.75, 3.05) is 0 Å². The predicted octanol–water partition coefficient (Wildman–Crippen LogP) is 2.18. The van der Waals surface area contributed by atoms with E-state index in [2.05, 4.69) is 15.1 Å². The molecule has 104 valence electrons. The maximum absolute atomic E-state index is 12.8. The standard InChI is InChI=1S/C12H10F2N4O2/c13-10(14)9-5-8(6-1-2-6)15-12(16-9)18-4-3-7(17-18)11(19)20/h3-6,10H,1-2H2,(H,19,20). The molecule has 0 radical (unpaired) electrons. The zero-order chi connectivity index (χ0) is 14.3. The summed E-state index contributed by atoms with van der Waals surface area (Å²) in [6.45, 7) is 0. The van der Waals surface area contributed by atoms with Crippen molar-refractivity contribution in [3.05, 3.63) is 35.4 Å². The van der Waals surface area contributed by atoms with Crippen LogP contribution in [0.3, 0.4) is 0 Å². The lowest BCUT2D eigenvalue weighted by atomic mass is 10.2. The van der Waals surface area contributed by atoms with Crippen molar-refractivity contribution in [2.45, 2.75) is 25.2 Å². The highest BCUT2D eigenvalue weighted by atomic mass is 19.3. The van der Waals surface area contributed by atoms with Crippen molar-refractivity contribution in [1.82, 2.24) is 19.7 Å². The van der Waals surface area contributed by atoms with E-state index in [9.17, 15) is 13.6 Å². The molecule has 2 aromatic heterocycles. The van der Waals surface area contributed by atoms with Gasteiger partial charge in [0.15, 0.2) is 5.69 Å². The minimum absolute atomic E-state index is 0.0304. The molecule has 0 aromatic carbocycles. The van der Waals surface area contributed by atoms with Gasteiger partial charge in [-0.05, 0) is 25.0 Å². The number of carboxylic acid groups (broad SMARTS) is 1. The molecular formula is C12H10F2N4O2. The highest BCUT2D eigenvalue weighted by molar-refractivity contribution is 5.85. The van der Waals surface area contributed by atoms with E-state index in [0.717, 1.165) is 17.5 Å². The number of nitrogens with zero attached hydrogens (tertiary/aromatic N) is 4. The second kappa shape index (κ2) is 4.62. The molecule has 6 nitrogen and oxygen atoms in total. The number of carboxylic acids is 1. The minimum atomic E-state index is -2.70. The average molecular weight is 280 g/mol. The van der Waals surface area contributed by atoms with Crippen LogP contribution < -0.4 is 0 Å². The maximum atomic E-state index is 12.8. The van der Waals surface area contributed by atoms with E-state index >= 15 is 0 Å². The molecule has 1 fully saturated rings. The molecule has 1 aliphatic rings. The van der Waals surface area contributed by atoms with Gasteiger partial charge in [-0.2, -0.15) is 5.10 Å². The quantitative estimate of drug-likeness (QED) is 0.928. The molecule has 0 spiro atoms. The maximum Gasteiger partial charge on any atom is 0.356 e. The molecule has 2 heterocycles. The monoisotopic (exact) mass is 280 g/mol. The highest BCUT2D eigenvalue weighted by Gasteiger charge is 2.27. The number of halogens is 2. The molecule has 0 saturated heterocycles. The van der Waals surface area contributed by atoms with Gasteiger partial charge in [0.2, 0.25) is 0 Å². The number of aromatic nitrogens is 4. The highest BCUT2D eigenvalue weighted by Crippen LogP contribution is 2.39. The summed E-state index contributed by atoms with van der Waals surface area (Å²) in [5.41, 5.74) is -0.00836. The van der Waals surface area contributed by atoms with E-state index in [-0.39, 0.29) is 23.3 Å². The van der Waals surface area contributed by atoms with Crippen LogP contribution in [0.1, 0.15) is 47.1 Å². The molecule has 0 aliphatic heterocycles. The summed E-state index contributed by atoms with van der Waals surface area (Å²) in [4.78, 5) is 18.7. The van der Waals surface area contributed by atoms with Gasteiger partial charge in [0.05, 0.1) is 0 Å². The molecule has 0 amide bonds. The summed E-state index contributed by atoms with van der Waals surface area (Å²) in [5, 5.41) is 12.6. The van der Waals surface area contributed by atoms with Crippen molar-refractivity contribution >= 4 is 5.97 Å². The predicted molar refractivity (Wildman–Crippen MR) is 63.0 cm³/mol. The fourth-order valence-electron chi connectivity index (χ4n) is 1.82. The van der Waals surface area contributed by atoms with Gasteiger partial charge in [0.1, 0.15) is 5.69 Å². The molecule has 20 heavy (non-hydrogen) atoms. The summed E-state index contributed by atoms with van der Waals surface area (Å²) in [7, 11) is 0. The number of aromatic carboxylic acids is 1. The summed E-state index contributed by atoms with van der Waals surface area (Å²) in [6, 6.07) is 2.56. The van der Waals surface area contributed by atoms with Gasteiger partial charge in [0.25, 0.3) is 12.4 Å². The Hall–Kier alpha value is -2.38. The van der Waals surface area contributed by atoms with Crippen molar-refractivity contribution in [1.29, 1.82) is 0 Å². The van der Waals surface area contributed by atoms with E-state index in [1.54, 1.807) is 0 Å². The Balaban J connectivity index is 2.04. The Kier molecular flexibility index (Phi) is 2.92. The summed E-state index contributed by atoms with van der Waals surface area (Å²) in [5.74, 6) is -1.04. The number of carbonyl (C=O) groups is 1. The zero-order valence-corrected chi connectivity index (χ0v) is 10.2. The molecule has 1 saturated carbocycles. The third-order valence-electron chi connectivity index (χ3n) is 2.99. The second-order valence-corrected chi connectivity index (χ2v) is 4.54. The summed E-state index contributed by atoms with van der Waals surface area (Å²) in [6.07, 6.45) is 0.464. The Morgan fingerprint density at radius 1 is 1.40 bits per heavy atom. The first-order valence-corrected chi connectivity index (χ1v) is 6.01. The third-order valence-corrected chi connectivity index (χ3v) is 2.99. The topological polar surface area (TPSA) is 80.9 Å². The van der Waals surface area contributed by atoms with Crippen LogP contribution >= 0.6 is 0 Å². The molecule has 0 unspecified atom stereocenters. The lowest BCUT2D eigenvalue weighted by Crippen LogP contribution is -2.08. The Morgan fingerprint density at radius 3 is 2.70 bits per heavy atom. The van der Waals surface area contributed by atoms with E-state index in [4.69, 9.17) is 5.11 Å². The van der Waals surface area contributed by atoms with Crippen LogP contribution in [0.5, 0.6) is 0 Å². The SMILES string of the molecule is O=C(O)c1ccn(-c2nc(C(F)F)cc(C3CC3)n2)n1. The van der Waals surface area contributed by atoms with Crippen molar-refractivity contribution in [3.63, 3.8) is 0 Å². The number of hydrogen-bond acceptors (Lipinski definition) is 4. The van der Waals surface area contributed by atoms with Crippen LogP contribution in [0, 0.1) is 0 Å². The smallest absolute Gasteiger partial charge is 0.356 e. The van der Waals surface area contributed by atoms with Gasteiger partial charge in [0, 0.05) is 17.8 Å². The van der Waals surface area contributed by atoms with Crippen molar-refractivity contribution < 1.29 is 18.7 Å². The van der Waals surface area contributed by atoms with Crippen LogP contribution in [0.4, 0.5) is 8.78 Å². The van der Waals surface area contributed by atoms with Crippen LogP contribution in [-0.2, 0) is 0 Å². The Labute approximate surface area is 112 Å². The molecule has 1 aliphatic carbocycles. The molecule has 0 bridgehead atoms. The van der Waals surface area contributed by atoms with Gasteiger partial charge >= 0.3 is 5.97 Å². The first kappa shape index (κ1) is 12.6. The van der Waals surface area contributed by atoms with Gasteiger partial charge in [-0.3, -0.25) is 0 Å². The molecular weight excluding hydrogens is 270 g/mol. The molecule has 2 aromatic rings. The van der Waals surface area contributed by atoms with Gasteiger partial charge in [-0.1, -0.05) is 0 Å². The van der Waals surface area contributed by atoms with E-state index in [1.807, 2.05) is 0 Å². The molecule has 8 heteroatoms. The van der Waals surface area contributed by atoms with Gasteiger partial charge in [-0.15, -0.1) is 0 Å². The molecule has 0 atom stereocenters. The second-order valence-electron chi connectivity index (χ2n) is 4.54. The summed E-state index contributed by atoms with van der Waals surface area (Å²) < 4.78 is 26.8. The van der Waals surface area contributed by atoms with Gasteiger partial charge in [-0.25, -0.2) is 28.2 Å². The number of alkyl halides is 2. The van der Waals surface area contributed by atoms with E-state index < -0.39 is 12.4 Å². The van der Waals surface area contributed by atoms with Crippen molar-refractivity contribution in [3.8, 4) is 5.95 Å². The lowest BCUT2D eigenvalue weighted by Gasteiger charge is -2.06. The lowest BCUT2D eigenvalue weighted by molar-refractivity contribution is 0.0690. The average Bonchev–Trinajstić information content (AvgIpc) is 3.14. The zero-order valence-electron chi connectivity index (χ0n) is 10.2. The minimum Gasteiger partial charge on any atom is -0.476 e. The van der Waals surface area contributed by atoms with Crippen molar-refractivity contribution in [2.24, 2.45) is 0 Å². The first-order valence-electron chi connectivity index (χ1n) is 6.01. The van der Waals surface area contributed by atoms with Crippen LogP contribution in [0.2, 0.25) is 0 Å². The van der Waals surface area contributed by atoms with Crippen LogP contribution in [0.25, 0.3) is 5.95 Å². The largest absolute Gasteiger partial charge is 0.476 e. The number of rotatable bonds is 4. The Bertz CT molecular complexity index is 647. The third kappa shape index (κ3) is 2.36.